The molecule has 8 N–H and O–H groups in total. The molecule has 1 atom stereocenters. The molecule has 0 aliphatic carbocycles. The van der Waals surface area contributed by atoms with Gasteiger partial charge in [-0.15, -0.1) is 11.3 Å². The molecule has 308 valence electrons. The molecule has 1 aliphatic heterocycles. The van der Waals surface area contributed by atoms with Gasteiger partial charge in [-0.2, -0.15) is 0 Å². The van der Waals surface area contributed by atoms with Gasteiger partial charge >= 0.3 is 6.09 Å². The SMILES string of the molecule is CCCN(CCCNC(=O)CC(C)(C)C)C(=O)C1=Cc2sc(CCCCCNC(=O)OCc3ccc(NC(=O)CNC(=O)C(N)C(C)C)cc3)cc2N=C(N)C1. The first kappa shape index (κ1) is 45.6. The molecule has 5 amide bonds. The first-order chi connectivity index (χ1) is 26.5. The van der Waals surface area contributed by atoms with Gasteiger partial charge in [0, 0.05) is 55.2 Å². The number of aryl methyl sites for hydroxylation is 1. The van der Waals surface area contributed by atoms with Crippen molar-refractivity contribution < 1.29 is 28.7 Å². The third-order valence-electron chi connectivity index (χ3n) is 8.83. The first-order valence-corrected chi connectivity index (χ1v) is 20.4. The lowest BCUT2D eigenvalue weighted by Crippen LogP contribution is -2.46. The molecule has 1 aliphatic rings. The third kappa shape index (κ3) is 16.5. The fourth-order valence-corrected chi connectivity index (χ4v) is 6.90. The number of anilines is 1. The molecule has 0 bridgehead atoms. The number of alkyl carbamates (subject to hydrolysis) is 1. The maximum atomic E-state index is 13.7. The lowest BCUT2D eigenvalue weighted by atomic mass is 9.92. The van der Waals surface area contributed by atoms with Crippen molar-refractivity contribution in [2.24, 2.45) is 27.8 Å². The second kappa shape index (κ2) is 22.7. The van der Waals surface area contributed by atoms with Crippen molar-refractivity contribution in [3.8, 4) is 0 Å². The highest BCUT2D eigenvalue weighted by Crippen LogP contribution is 2.35. The van der Waals surface area contributed by atoms with Gasteiger partial charge in [0.05, 0.1) is 23.2 Å². The highest BCUT2D eigenvalue weighted by molar-refractivity contribution is 7.13. The summed E-state index contributed by atoms with van der Waals surface area (Å²) in [4.78, 5) is 70.8. The van der Waals surface area contributed by atoms with Crippen LogP contribution in [0.4, 0.5) is 16.2 Å². The average Bonchev–Trinajstić information content (AvgIpc) is 3.43. The normalized spacial score (nSPS) is 13.1. The molecule has 1 unspecified atom stereocenters. The highest BCUT2D eigenvalue weighted by Gasteiger charge is 2.23. The van der Waals surface area contributed by atoms with E-state index in [-0.39, 0.29) is 54.5 Å². The maximum absolute atomic E-state index is 13.7. The molecule has 2 aromatic rings. The quantitative estimate of drug-likeness (QED) is 0.0902. The number of amidine groups is 1. The van der Waals surface area contributed by atoms with Gasteiger partial charge in [0.25, 0.3) is 0 Å². The summed E-state index contributed by atoms with van der Waals surface area (Å²) < 4.78 is 5.33. The minimum atomic E-state index is -0.677. The van der Waals surface area contributed by atoms with E-state index in [2.05, 4.69) is 26.3 Å². The van der Waals surface area contributed by atoms with Gasteiger partial charge in [-0.3, -0.25) is 19.2 Å². The molecule has 0 radical (unpaired) electrons. The van der Waals surface area contributed by atoms with Crippen LogP contribution < -0.4 is 32.7 Å². The number of hydrogen-bond acceptors (Lipinski definition) is 10. The summed E-state index contributed by atoms with van der Waals surface area (Å²) in [6, 6.07) is 8.25. The average molecular weight is 795 g/mol. The summed E-state index contributed by atoms with van der Waals surface area (Å²) in [6.07, 6.45) is 7.11. The third-order valence-corrected chi connectivity index (χ3v) is 9.96. The van der Waals surface area contributed by atoms with Crippen LogP contribution in [-0.2, 0) is 36.9 Å². The number of benzene rings is 1. The summed E-state index contributed by atoms with van der Waals surface area (Å²) in [5, 5.41) is 11.0. The van der Waals surface area contributed by atoms with E-state index >= 15 is 0 Å². The Morgan fingerprint density at radius 2 is 1.66 bits per heavy atom. The fourth-order valence-electron chi connectivity index (χ4n) is 5.80. The lowest BCUT2D eigenvalue weighted by molar-refractivity contribution is -0.127. The van der Waals surface area contributed by atoms with E-state index in [4.69, 9.17) is 16.2 Å². The van der Waals surface area contributed by atoms with E-state index in [1.165, 1.54) is 0 Å². The molecule has 0 saturated carbocycles. The number of amides is 5. The molecule has 56 heavy (non-hydrogen) atoms. The topological polar surface area (TPSA) is 210 Å². The van der Waals surface area contributed by atoms with Crippen molar-refractivity contribution in [3.63, 3.8) is 0 Å². The Balaban J connectivity index is 1.37. The minimum absolute atomic E-state index is 0.0240. The van der Waals surface area contributed by atoms with Crippen molar-refractivity contribution >= 4 is 64.3 Å². The number of unbranched alkanes of at least 4 members (excludes halogenated alkanes) is 2. The second-order valence-corrected chi connectivity index (χ2v) is 16.9. The highest BCUT2D eigenvalue weighted by atomic mass is 32.1. The number of aliphatic imine (C=N–C) groups is 1. The summed E-state index contributed by atoms with van der Waals surface area (Å²) in [5.74, 6) is -0.408. The Labute approximate surface area is 335 Å². The Bertz CT molecular complexity index is 1700. The summed E-state index contributed by atoms with van der Waals surface area (Å²) in [6.45, 7) is 13.9. The van der Waals surface area contributed by atoms with Crippen molar-refractivity contribution in [3.05, 3.63) is 51.2 Å². The number of hydrogen-bond donors (Lipinski definition) is 6. The minimum Gasteiger partial charge on any atom is -0.445 e. The zero-order valence-corrected chi connectivity index (χ0v) is 34.7. The molecule has 1 aromatic carbocycles. The van der Waals surface area contributed by atoms with Crippen molar-refractivity contribution in [2.45, 2.75) is 106 Å². The number of carbonyl (C=O) groups is 5. The Morgan fingerprint density at radius 1 is 0.946 bits per heavy atom. The zero-order valence-electron chi connectivity index (χ0n) is 33.9. The van der Waals surface area contributed by atoms with Gasteiger partial charge in [0.2, 0.25) is 23.6 Å². The molecule has 0 saturated heterocycles. The molecule has 0 fully saturated rings. The van der Waals surface area contributed by atoms with Crippen LogP contribution in [0.5, 0.6) is 0 Å². The maximum Gasteiger partial charge on any atom is 0.407 e. The number of carbonyl (C=O) groups excluding carboxylic acids is 5. The molecule has 0 spiro atoms. The number of thiophene rings is 1. The first-order valence-electron chi connectivity index (χ1n) is 19.6. The van der Waals surface area contributed by atoms with Crippen LogP contribution in [0, 0.1) is 11.3 Å². The van der Waals surface area contributed by atoms with E-state index in [9.17, 15) is 24.0 Å². The summed E-state index contributed by atoms with van der Waals surface area (Å²) >= 11 is 1.62. The van der Waals surface area contributed by atoms with Gasteiger partial charge in [0.1, 0.15) is 12.4 Å². The number of nitrogens with one attached hydrogen (secondary N) is 4. The van der Waals surface area contributed by atoms with Crippen molar-refractivity contribution in [1.29, 1.82) is 0 Å². The number of nitrogens with two attached hydrogens (primary N) is 2. The second-order valence-electron chi connectivity index (χ2n) is 15.7. The standard InChI is InChI=1S/C41H62N8O6S/c1-7-19-49(20-11-18-44-35(50)24-41(4,5)6)39(53)29-21-33-32(48-34(42)22-29)23-31(56-33)12-9-8-10-17-45-40(54)55-26-28-13-15-30(16-14-28)47-36(51)25-46-38(52)37(43)27(2)3/h13-16,21,23,27,37H,7-12,17-20,22,24-26,43H2,1-6H3,(H2,42,48)(H,44,50)(H,45,54)(H,46,52)(H,47,51). The van der Waals surface area contributed by atoms with Gasteiger partial charge in [-0.05, 0) is 73.3 Å². The molecular formula is C41H62N8O6S. The van der Waals surface area contributed by atoms with Gasteiger partial charge < -0.3 is 42.4 Å². The van der Waals surface area contributed by atoms with Crippen molar-refractivity contribution in [2.75, 3.05) is 38.0 Å². The fraction of sp³-hybridized carbons (Fsp3) is 0.561. The molecule has 14 nitrogen and oxygen atoms in total. The van der Waals surface area contributed by atoms with E-state index in [1.807, 2.05) is 58.6 Å². The Morgan fingerprint density at radius 3 is 2.34 bits per heavy atom. The number of nitrogens with zero attached hydrogens (tertiary/aromatic N) is 2. The predicted molar refractivity (Wildman–Crippen MR) is 223 cm³/mol. The van der Waals surface area contributed by atoms with E-state index < -0.39 is 12.1 Å². The van der Waals surface area contributed by atoms with Crippen LogP contribution in [0.3, 0.4) is 0 Å². The predicted octanol–water partition coefficient (Wildman–Crippen LogP) is 5.38. The molecule has 2 heterocycles. The van der Waals surface area contributed by atoms with E-state index in [1.54, 1.807) is 35.6 Å². The molecule has 3 rings (SSSR count). The zero-order chi connectivity index (χ0) is 41.3. The van der Waals surface area contributed by atoms with Gasteiger partial charge in [-0.25, -0.2) is 9.79 Å². The number of rotatable bonds is 21. The van der Waals surface area contributed by atoms with Crippen LogP contribution in [-0.4, -0.2) is 79.2 Å². The van der Waals surface area contributed by atoms with Crippen LogP contribution in [0.1, 0.15) is 102 Å². The number of fused-ring (bicyclic) bond motifs is 1. The van der Waals surface area contributed by atoms with Crippen LogP contribution in [0.2, 0.25) is 0 Å². The monoisotopic (exact) mass is 794 g/mol. The summed E-state index contributed by atoms with van der Waals surface area (Å²) in [5.41, 5.74) is 14.7. The van der Waals surface area contributed by atoms with Crippen LogP contribution >= 0.6 is 11.3 Å². The largest absolute Gasteiger partial charge is 0.445 e. The van der Waals surface area contributed by atoms with Gasteiger partial charge in [0.15, 0.2) is 0 Å². The smallest absolute Gasteiger partial charge is 0.407 e. The van der Waals surface area contributed by atoms with E-state index in [0.717, 1.165) is 53.1 Å². The summed E-state index contributed by atoms with van der Waals surface area (Å²) in [7, 11) is 0. The molecule has 1 aromatic heterocycles. The van der Waals surface area contributed by atoms with Gasteiger partial charge in [-0.1, -0.05) is 60.1 Å². The van der Waals surface area contributed by atoms with Crippen LogP contribution in [0.15, 0.2) is 40.9 Å². The molecular weight excluding hydrogens is 733 g/mol. The van der Waals surface area contributed by atoms with Crippen molar-refractivity contribution in [1.82, 2.24) is 20.9 Å². The van der Waals surface area contributed by atoms with Crippen LogP contribution in [0.25, 0.3) is 6.08 Å². The Hall–Kier alpha value is -4.76. The Kier molecular flexibility index (Phi) is 18.5. The lowest BCUT2D eigenvalue weighted by Gasteiger charge is -2.24. The van der Waals surface area contributed by atoms with E-state index in [0.29, 0.717) is 56.1 Å². The molecule has 15 heteroatoms. The number of ether oxygens (including phenoxy) is 1.